The van der Waals surface area contributed by atoms with Gasteiger partial charge in [-0.1, -0.05) is 108 Å². The van der Waals surface area contributed by atoms with Gasteiger partial charge in [-0.3, -0.25) is 0 Å². The summed E-state index contributed by atoms with van der Waals surface area (Å²) in [4.78, 5) is 9.65. The van der Waals surface area contributed by atoms with Crippen molar-refractivity contribution in [2.24, 2.45) is 20.4 Å². The molecule has 0 saturated heterocycles. The lowest BCUT2D eigenvalue weighted by molar-refractivity contribution is 1.22. The van der Waals surface area contributed by atoms with Crippen LogP contribution in [0.15, 0.2) is 166 Å². The minimum atomic E-state index is 0.549. The van der Waals surface area contributed by atoms with Crippen molar-refractivity contribution >= 4 is 57.3 Å². The fourth-order valence-corrected chi connectivity index (χ4v) is 5.20. The highest BCUT2D eigenvalue weighted by atomic mass is 15.3. The number of amidine groups is 2. The summed E-state index contributed by atoms with van der Waals surface area (Å²) in [5, 5.41) is 26.8. The molecule has 0 unspecified atom stereocenters. The molecule has 0 aliphatic carbocycles. The molecule has 8 heteroatoms. The molecule has 0 atom stereocenters. The van der Waals surface area contributed by atoms with E-state index in [0.29, 0.717) is 23.1 Å². The number of hydrogen-bond donors (Lipinski definition) is 2. The van der Waals surface area contributed by atoms with Crippen LogP contribution in [-0.2, 0) is 0 Å². The number of fused-ring (bicyclic) bond motifs is 2. The molecule has 2 aromatic heterocycles. The number of rotatable bonds is 8. The van der Waals surface area contributed by atoms with Crippen LogP contribution in [0, 0.1) is 13.8 Å². The summed E-state index contributed by atoms with van der Waals surface area (Å²) in [5.41, 5.74) is 9.11. The zero-order valence-electron chi connectivity index (χ0n) is 27.7. The van der Waals surface area contributed by atoms with Gasteiger partial charge >= 0.3 is 0 Å². The topological polar surface area (TPSA) is 99.3 Å². The Kier molecular flexibility index (Phi) is 9.51. The molecular weight excluding hydrogens is 617 g/mol. The Balaban J connectivity index is 1.10. The van der Waals surface area contributed by atoms with Gasteiger partial charge in [0.1, 0.15) is 11.4 Å². The second kappa shape index (κ2) is 15.0. The third-order valence-corrected chi connectivity index (χ3v) is 7.98. The summed E-state index contributed by atoms with van der Waals surface area (Å²) in [6.07, 6.45) is 3.43. The van der Waals surface area contributed by atoms with Crippen LogP contribution >= 0.6 is 0 Å². The van der Waals surface area contributed by atoms with Gasteiger partial charge in [-0.05, 0) is 73.5 Å². The van der Waals surface area contributed by atoms with Gasteiger partial charge < -0.3 is 10.6 Å². The molecule has 0 saturated carbocycles. The van der Waals surface area contributed by atoms with E-state index in [-0.39, 0.29) is 0 Å². The van der Waals surface area contributed by atoms with Crippen molar-refractivity contribution in [3.05, 3.63) is 179 Å². The van der Waals surface area contributed by atoms with E-state index in [1.54, 1.807) is 12.4 Å². The van der Waals surface area contributed by atoms with E-state index in [0.717, 1.165) is 44.3 Å². The smallest absolute Gasteiger partial charge is 0.178 e. The van der Waals surface area contributed by atoms with Gasteiger partial charge in [0.2, 0.25) is 0 Å². The molecule has 0 aliphatic rings. The standard InChI is InChI=1S/C42H34N8/c1-29-11-21-35(22-12-29)45-41(39-25-19-33-7-3-5-9-37(33)47-39)49-43-27-31-15-17-32(18-16-31)28-44-50-42(46-36-23-13-30(2)14-24-36)40-26-20-34-8-4-6-10-38(34)48-40/h3-28H,1-2H3,(H,45,49)(H,46,50)/b43-27+,44-28+. The molecule has 2 heterocycles. The van der Waals surface area contributed by atoms with Crippen LogP contribution in [0.25, 0.3) is 21.8 Å². The first-order valence-corrected chi connectivity index (χ1v) is 16.3. The summed E-state index contributed by atoms with van der Waals surface area (Å²) in [7, 11) is 0. The number of para-hydroxylation sites is 2. The van der Waals surface area contributed by atoms with E-state index >= 15 is 0 Å². The first-order chi connectivity index (χ1) is 24.6. The zero-order chi connectivity index (χ0) is 34.1. The molecule has 242 valence electrons. The number of anilines is 2. The molecule has 0 fully saturated rings. The molecule has 2 N–H and O–H groups in total. The second-order valence-electron chi connectivity index (χ2n) is 11.8. The van der Waals surface area contributed by atoms with Crippen molar-refractivity contribution in [2.45, 2.75) is 13.8 Å². The lowest BCUT2D eigenvalue weighted by Gasteiger charge is -2.09. The van der Waals surface area contributed by atoms with Crippen LogP contribution in [0.1, 0.15) is 33.6 Å². The summed E-state index contributed by atoms with van der Waals surface area (Å²) in [6.45, 7) is 4.12. The number of aryl methyl sites for hydroxylation is 2. The van der Waals surface area contributed by atoms with E-state index < -0.39 is 0 Å². The fraction of sp³-hybridized carbons (Fsp3) is 0.0476. The largest absolute Gasteiger partial charge is 0.337 e. The first-order valence-electron chi connectivity index (χ1n) is 16.3. The van der Waals surface area contributed by atoms with Gasteiger partial charge in [0.25, 0.3) is 0 Å². The van der Waals surface area contributed by atoms with Crippen molar-refractivity contribution in [2.75, 3.05) is 10.6 Å². The highest BCUT2D eigenvalue weighted by molar-refractivity contribution is 6.09. The Morgan fingerprint density at radius 3 is 1.28 bits per heavy atom. The Bertz CT molecular complexity index is 2200. The molecule has 50 heavy (non-hydrogen) atoms. The Morgan fingerprint density at radius 2 is 0.860 bits per heavy atom. The number of benzene rings is 5. The van der Waals surface area contributed by atoms with Gasteiger partial charge in [-0.2, -0.15) is 10.2 Å². The van der Waals surface area contributed by atoms with Crippen LogP contribution in [0.4, 0.5) is 11.4 Å². The predicted molar refractivity (Wildman–Crippen MR) is 208 cm³/mol. The lowest BCUT2D eigenvalue weighted by atomic mass is 10.2. The molecule has 7 rings (SSSR count). The highest BCUT2D eigenvalue weighted by Crippen LogP contribution is 2.17. The predicted octanol–water partition coefficient (Wildman–Crippen LogP) is 9.19. The Labute approximate surface area is 290 Å². The molecule has 0 amide bonds. The normalized spacial score (nSPS) is 12.3. The Hall–Kier alpha value is -6.80. The number of nitrogens with zero attached hydrogens (tertiary/aromatic N) is 6. The van der Waals surface area contributed by atoms with Crippen molar-refractivity contribution in [3.8, 4) is 0 Å². The van der Waals surface area contributed by atoms with E-state index in [4.69, 9.17) is 9.97 Å². The molecule has 0 spiro atoms. The number of pyridine rings is 2. The van der Waals surface area contributed by atoms with Gasteiger partial charge in [-0.25, -0.2) is 9.97 Å². The summed E-state index contributed by atoms with van der Waals surface area (Å²) < 4.78 is 0. The molecule has 5 aromatic carbocycles. The minimum absolute atomic E-state index is 0.549. The summed E-state index contributed by atoms with van der Waals surface area (Å²) in [6, 6.07) is 48.1. The highest BCUT2D eigenvalue weighted by Gasteiger charge is 2.09. The lowest BCUT2D eigenvalue weighted by Crippen LogP contribution is -2.15. The fourth-order valence-electron chi connectivity index (χ4n) is 5.20. The van der Waals surface area contributed by atoms with Crippen molar-refractivity contribution in [1.29, 1.82) is 0 Å². The van der Waals surface area contributed by atoms with Crippen LogP contribution in [-0.4, -0.2) is 34.1 Å². The molecule has 8 nitrogen and oxygen atoms in total. The molecule has 0 radical (unpaired) electrons. The van der Waals surface area contributed by atoms with Gasteiger partial charge in [0.05, 0.1) is 23.5 Å². The maximum Gasteiger partial charge on any atom is 0.178 e. The SMILES string of the molecule is Cc1ccc(N/C(=N\N=C\c2ccc(/C=N/N=C(\Nc3ccc(C)cc3)c3ccc4ccccc4n3)cc2)c2ccc3ccccc3n2)cc1. The summed E-state index contributed by atoms with van der Waals surface area (Å²) in [5.74, 6) is 1.10. The average molecular weight is 651 g/mol. The van der Waals surface area contributed by atoms with E-state index in [1.165, 1.54) is 11.1 Å². The first kappa shape index (κ1) is 31.8. The minimum Gasteiger partial charge on any atom is -0.337 e. The maximum atomic E-state index is 4.83. The zero-order valence-corrected chi connectivity index (χ0v) is 27.7. The van der Waals surface area contributed by atoms with Gasteiger partial charge in [0, 0.05) is 22.1 Å². The van der Waals surface area contributed by atoms with Gasteiger partial charge in [-0.15, -0.1) is 10.2 Å². The third kappa shape index (κ3) is 8.00. The second-order valence-corrected chi connectivity index (χ2v) is 11.8. The monoisotopic (exact) mass is 650 g/mol. The molecule has 7 aromatic rings. The molecule has 0 bridgehead atoms. The third-order valence-electron chi connectivity index (χ3n) is 7.98. The van der Waals surface area contributed by atoms with E-state index in [1.807, 2.05) is 121 Å². The Morgan fingerprint density at radius 1 is 0.460 bits per heavy atom. The van der Waals surface area contributed by atoms with E-state index in [9.17, 15) is 0 Å². The van der Waals surface area contributed by atoms with Crippen molar-refractivity contribution < 1.29 is 0 Å². The molecular formula is C42H34N8. The maximum absolute atomic E-state index is 4.83. The van der Waals surface area contributed by atoms with Crippen LogP contribution in [0.3, 0.4) is 0 Å². The number of aromatic nitrogens is 2. The van der Waals surface area contributed by atoms with Crippen molar-refractivity contribution in [1.82, 2.24) is 9.97 Å². The summed E-state index contributed by atoms with van der Waals surface area (Å²) >= 11 is 0. The van der Waals surface area contributed by atoms with Crippen LogP contribution in [0.2, 0.25) is 0 Å². The number of nitrogens with one attached hydrogen (secondary N) is 2. The van der Waals surface area contributed by atoms with Crippen molar-refractivity contribution in [3.63, 3.8) is 0 Å². The average Bonchev–Trinajstić information content (AvgIpc) is 3.16. The quantitative estimate of drug-likeness (QED) is 0.0973. The van der Waals surface area contributed by atoms with Crippen LogP contribution in [0.5, 0.6) is 0 Å². The van der Waals surface area contributed by atoms with E-state index in [2.05, 4.69) is 69.2 Å². The molecule has 0 aliphatic heterocycles. The van der Waals surface area contributed by atoms with Gasteiger partial charge in [0.15, 0.2) is 11.7 Å². The number of hydrogen-bond acceptors (Lipinski definition) is 6. The van der Waals surface area contributed by atoms with Crippen LogP contribution < -0.4 is 10.6 Å².